The van der Waals surface area contributed by atoms with Crippen molar-refractivity contribution in [1.29, 1.82) is 0 Å². The summed E-state index contributed by atoms with van der Waals surface area (Å²) in [6, 6.07) is 0.572. The van der Waals surface area contributed by atoms with Crippen molar-refractivity contribution in [1.82, 2.24) is 4.98 Å². The zero-order chi connectivity index (χ0) is 13.9. The van der Waals surface area contributed by atoms with E-state index in [0.29, 0.717) is 6.07 Å². The molecule has 0 fully saturated rings. The SMILES string of the molecule is COc1cc(C(F)F)c(C=O)nc1OC(F)(F)F. The summed E-state index contributed by atoms with van der Waals surface area (Å²) in [6.07, 6.45) is -8.25. The third kappa shape index (κ3) is 3.28. The molecule has 0 N–H and O–H groups in total. The lowest BCUT2D eigenvalue weighted by Crippen LogP contribution is -2.19. The molecule has 0 aliphatic heterocycles. The van der Waals surface area contributed by atoms with Crippen LogP contribution < -0.4 is 9.47 Å². The molecule has 9 heteroatoms. The average molecular weight is 271 g/mol. The first kappa shape index (κ1) is 14.1. The fraction of sp³-hybridized carbons (Fsp3) is 0.333. The molecule has 4 nitrogen and oxygen atoms in total. The third-order valence-corrected chi connectivity index (χ3v) is 1.79. The van der Waals surface area contributed by atoms with E-state index in [1.165, 1.54) is 0 Å². The second kappa shape index (κ2) is 5.15. The Morgan fingerprint density at radius 1 is 1.39 bits per heavy atom. The number of aromatic nitrogens is 1. The van der Waals surface area contributed by atoms with Crippen molar-refractivity contribution < 1.29 is 36.2 Å². The summed E-state index contributed by atoms with van der Waals surface area (Å²) in [5, 5.41) is 0. The molecule has 0 aliphatic rings. The number of halogens is 5. The van der Waals surface area contributed by atoms with Crippen molar-refractivity contribution in [3.63, 3.8) is 0 Å². The minimum Gasteiger partial charge on any atom is -0.491 e. The third-order valence-electron chi connectivity index (χ3n) is 1.79. The van der Waals surface area contributed by atoms with Gasteiger partial charge in [-0.25, -0.2) is 13.8 Å². The Hall–Kier alpha value is -1.93. The van der Waals surface area contributed by atoms with Crippen molar-refractivity contribution in [2.75, 3.05) is 7.11 Å². The van der Waals surface area contributed by atoms with Gasteiger partial charge in [0, 0.05) is 0 Å². The molecule has 100 valence electrons. The highest BCUT2D eigenvalue weighted by Gasteiger charge is 2.34. The molecule has 0 saturated carbocycles. The molecule has 0 spiro atoms. The van der Waals surface area contributed by atoms with Gasteiger partial charge in [-0.05, 0) is 6.07 Å². The van der Waals surface area contributed by atoms with Crippen molar-refractivity contribution in [3.05, 3.63) is 17.3 Å². The standard InChI is InChI=1S/C9H6F5NO3/c1-17-6-2-4(7(10)11)5(3-16)15-8(6)18-9(12,13)14/h2-3,7H,1H3. The van der Waals surface area contributed by atoms with Gasteiger partial charge in [-0.3, -0.25) is 4.79 Å². The van der Waals surface area contributed by atoms with Crippen LogP contribution in [0.3, 0.4) is 0 Å². The molecule has 1 heterocycles. The lowest BCUT2D eigenvalue weighted by molar-refractivity contribution is -0.276. The Balaban J connectivity index is 3.30. The van der Waals surface area contributed by atoms with Crippen molar-refractivity contribution in [2.24, 2.45) is 0 Å². The number of hydrogen-bond acceptors (Lipinski definition) is 4. The molecule has 0 aromatic carbocycles. The van der Waals surface area contributed by atoms with Gasteiger partial charge in [0.1, 0.15) is 5.69 Å². The molecule has 0 aliphatic carbocycles. The molecular weight excluding hydrogens is 265 g/mol. The second-order valence-corrected chi connectivity index (χ2v) is 2.94. The fourth-order valence-electron chi connectivity index (χ4n) is 1.10. The van der Waals surface area contributed by atoms with Crippen LogP contribution in [0.2, 0.25) is 0 Å². The van der Waals surface area contributed by atoms with Crippen LogP contribution in [0.25, 0.3) is 0 Å². The number of methoxy groups -OCH3 is 1. The predicted octanol–water partition coefficient (Wildman–Crippen LogP) is 2.74. The van der Waals surface area contributed by atoms with Crippen molar-refractivity contribution in [3.8, 4) is 11.6 Å². The number of carbonyl (C=O) groups is 1. The Bertz CT molecular complexity index is 447. The monoisotopic (exact) mass is 271 g/mol. The first-order valence-corrected chi connectivity index (χ1v) is 4.36. The molecule has 0 radical (unpaired) electrons. The first-order chi connectivity index (χ1) is 8.28. The maximum absolute atomic E-state index is 12.5. The minimum atomic E-state index is -5.08. The summed E-state index contributed by atoms with van der Waals surface area (Å²) < 4.78 is 68.9. The van der Waals surface area contributed by atoms with Crippen LogP contribution in [-0.4, -0.2) is 24.7 Å². The number of aldehydes is 1. The Kier molecular flexibility index (Phi) is 4.04. The molecule has 1 aromatic rings. The van der Waals surface area contributed by atoms with Gasteiger partial charge in [0.15, 0.2) is 12.0 Å². The highest BCUT2D eigenvalue weighted by atomic mass is 19.4. The molecule has 0 saturated heterocycles. The smallest absolute Gasteiger partial charge is 0.491 e. The van der Waals surface area contributed by atoms with Gasteiger partial charge in [-0.2, -0.15) is 0 Å². The topological polar surface area (TPSA) is 48.4 Å². The fourth-order valence-corrected chi connectivity index (χ4v) is 1.10. The van der Waals surface area contributed by atoms with E-state index < -0.39 is 35.7 Å². The molecule has 0 bridgehead atoms. The second-order valence-electron chi connectivity index (χ2n) is 2.94. The highest BCUT2D eigenvalue weighted by molar-refractivity contribution is 5.75. The molecule has 0 atom stereocenters. The van der Waals surface area contributed by atoms with Gasteiger partial charge in [-0.1, -0.05) is 0 Å². The van der Waals surface area contributed by atoms with Crippen LogP contribution in [0, 0.1) is 0 Å². The molecule has 1 rings (SSSR count). The normalized spacial score (nSPS) is 11.5. The Morgan fingerprint density at radius 3 is 2.39 bits per heavy atom. The lowest BCUT2D eigenvalue weighted by Gasteiger charge is -2.13. The van der Waals surface area contributed by atoms with E-state index >= 15 is 0 Å². The van der Waals surface area contributed by atoms with E-state index in [1.807, 2.05) is 0 Å². The average Bonchev–Trinajstić information content (AvgIpc) is 2.25. The number of hydrogen-bond donors (Lipinski definition) is 0. The predicted molar refractivity (Wildman–Crippen MR) is 47.8 cm³/mol. The van der Waals surface area contributed by atoms with E-state index in [4.69, 9.17) is 0 Å². The minimum absolute atomic E-state index is 0.0931. The molecule has 1 aromatic heterocycles. The summed E-state index contributed by atoms with van der Waals surface area (Å²) in [5.74, 6) is -1.75. The van der Waals surface area contributed by atoms with Crippen LogP contribution in [0.1, 0.15) is 22.5 Å². The summed E-state index contributed by atoms with van der Waals surface area (Å²) in [6.45, 7) is 0. The summed E-state index contributed by atoms with van der Waals surface area (Å²) in [7, 11) is 0.954. The van der Waals surface area contributed by atoms with Crippen LogP contribution in [-0.2, 0) is 0 Å². The van der Waals surface area contributed by atoms with Crippen LogP contribution in [0.15, 0.2) is 6.07 Å². The first-order valence-electron chi connectivity index (χ1n) is 4.36. The number of nitrogens with zero attached hydrogens (tertiary/aromatic N) is 1. The Morgan fingerprint density at radius 2 is 2.00 bits per heavy atom. The number of carbonyl (C=O) groups excluding carboxylic acids is 1. The van der Waals surface area contributed by atoms with Crippen LogP contribution >= 0.6 is 0 Å². The van der Waals surface area contributed by atoms with Crippen LogP contribution in [0.4, 0.5) is 22.0 Å². The molecular formula is C9H6F5NO3. The van der Waals surface area contributed by atoms with E-state index in [0.717, 1.165) is 7.11 Å². The summed E-state index contributed by atoms with van der Waals surface area (Å²) in [5.41, 5.74) is -1.68. The van der Waals surface area contributed by atoms with Gasteiger partial charge in [0.25, 0.3) is 12.3 Å². The number of rotatable bonds is 4. The number of ether oxygens (including phenoxy) is 2. The molecule has 0 unspecified atom stereocenters. The van der Waals surface area contributed by atoms with Crippen molar-refractivity contribution >= 4 is 6.29 Å². The quantitative estimate of drug-likeness (QED) is 0.624. The summed E-state index contributed by atoms with van der Waals surface area (Å²) in [4.78, 5) is 13.5. The maximum atomic E-state index is 12.5. The largest absolute Gasteiger partial charge is 0.574 e. The zero-order valence-corrected chi connectivity index (χ0v) is 8.79. The van der Waals surface area contributed by atoms with E-state index in [9.17, 15) is 26.7 Å². The van der Waals surface area contributed by atoms with Crippen LogP contribution in [0.5, 0.6) is 11.6 Å². The zero-order valence-electron chi connectivity index (χ0n) is 8.79. The lowest BCUT2D eigenvalue weighted by atomic mass is 10.2. The van der Waals surface area contributed by atoms with E-state index in [1.54, 1.807) is 0 Å². The van der Waals surface area contributed by atoms with E-state index in [2.05, 4.69) is 14.5 Å². The highest BCUT2D eigenvalue weighted by Crippen LogP contribution is 2.34. The van der Waals surface area contributed by atoms with Gasteiger partial charge in [0.2, 0.25) is 0 Å². The number of alkyl halides is 5. The van der Waals surface area contributed by atoms with Crippen molar-refractivity contribution in [2.45, 2.75) is 12.8 Å². The molecule has 0 amide bonds. The summed E-state index contributed by atoms with van der Waals surface area (Å²) >= 11 is 0. The van der Waals surface area contributed by atoms with Gasteiger partial charge < -0.3 is 9.47 Å². The van der Waals surface area contributed by atoms with Gasteiger partial charge in [0.05, 0.1) is 12.7 Å². The van der Waals surface area contributed by atoms with Gasteiger partial charge in [-0.15, -0.1) is 13.2 Å². The maximum Gasteiger partial charge on any atom is 0.574 e. The molecule has 18 heavy (non-hydrogen) atoms. The van der Waals surface area contributed by atoms with E-state index in [-0.39, 0.29) is 6.29 Å². The van der Waals surface area contributed by atoms with Gasteiger partial charge >= 0.3 is 6.36 Å². The number of pyridine rings is 1. The Labute approximate surface area is 97.3 Å².